The van der Waals surface area contributed by atoms with E-state index in [1.807, 2.05) is 0 Å². The fourth-order valence-electron chi connectivity index (χ4n) is 3.11. The van der Waals surface area contributed by atoms with Gasteiger partial charge >= 0.3 is 12.2 Å². The van der Waals surface area contributed by atoms with E-state index < -0.39 is 18.7 Å². The SMILES string of the molecule is CCNC(=O)NCCNC(=O)c1nccc2nn(Cc3cnc(OCC(F)(F)F)c(C)c3)cc12. The maximum atomic E-state index is 12.6. The van der Waals surface area contributed by atoms with E-state index in [2.05, 4.69) is 31.0 Å². The van der Waals surface area contributed by atoms with E-state index in [-0.39, 0.29) is 37.2 Å². The summed E-state index contributed by atoms with van der Waals surface area (Å²) >= 11 is 0. The van der Waals surface area contributed by atoms with Crippen LogP contribution in [0.25, 0.3) is 10.9 Å². The van der Waals surface area contributed by atoms with Crippen molar-refractivity contribution in [3.05, 3.63) is 47.5 Å². The number of nitrogens with zero attached hydrogens (tertiary/aromatic N) is 4. The van der Waals surface area contributed by atoms with Crippen LogP contribution in [0.15, 0.2) is 30.7 Å². The minimum absolute atomic E-state index is 0.0866. The summed E-state index contributed by atoms with van der Waals surface area (Å²) in [5, 5.41) is 12.9. The zero-order valence-corrected chi connectivity index (χ0v) is 18.6. The van der Waals surface area contributed by atoms with Gasteiger partial charge < -0.3 is 20.7 Å². The third-order valence-electron chi connectivity index (χ3n) is 4.53. The van der Waals surface area contributed by atoms with E-state index in [1.165, 1.54) is 12.4 Å². The number of aromatic nitrogens is 4. The fourth-order valence-corrected chi connectivity index (χ4v) is 3.11. The van der Waals surface area contributed by atoms with Crippen molar-refractivity contribution in [1.29, 1.82) is 0 Å². The van der Waals surface area contributed by atoms with Crippen molar-refractivity contribution in [1.82, 2.24) is 35.7 Å². The van der Waals surface area contributed by atoms with Crippen LogP contribution in [-0.4, -0.2) is 64.1 Å². The van der Waals surface area contributed by atoms with Gasteiger partial charge in [0.05, 0.1) is 17.4 Å². The van der Waals surface area contributed by atoms with Gasteiger partial charge in [-0.05, 0) is 31.5 Å². The van der Waals surface area contributed by atoms with Crippen LogP contribution in [0.5, 0.6) is 5.88 Å². The lowest BCUT2D eigenvalue weighted by molar-refractivity contribution is -0.154. The van der Waals surface area contributed by atoms with Gasteiger partial charge in [0.15, 0.2) is 6.61 Å². The largest absolute Gasteiger partial charge is 0.468 e. The second kappa shape index (κ2) is 10.8. The first-order valence-electron chi connectivity index (χ1n) is 10.4. The van der Waals surface area contributed by atoms with Crippen molar-refractivity contribution >= 4 is 22.8 Å². The van der Waals surface area contributed by atoms with Crippen molar-refractivity contribution in [2.24, 2.45) is 0 Å². The van der Waals surface area contributed by atoms with Gasteiger partial charge in [-0.3, -0.25) is 14.5 Å². The molecule has 0 spiro atoms. The van der Waals surface area contributed by atoms with Gasteiger partial charge in [0.25, 0.3) is 5.91 Å². The van der Waals surface area contributed by atoms with Crippen LogP contribution in [0, 0.1) is 6.92 Å². The maximum absolute atomic E-state index is 12.6. The summed E-state index contributed by atoms with van der Waals surface area (Å²) in [7, 11) is 0. The first-order valence-corrected chi connectivity index (χ1v) is 10.4. The molecule has 0 unspecified atom stereocenters. The van der Waals surface area contributed by atoms with Crippen molar-refractivity contribution in [2.45, 2.75) is 26.6 Å². The standard InChI is InChI=1S/C21H24F3N7O3/c1-3-25-20(33)28-7-6-27-18(32)17-15-11-31(30-16(15)4-5-26-17)10-14-8-13(2)19(29-9-14)34-12-21(22,23)24/h4-5,8-9,11H,3,6-7,10,12H2,1-2H3,(H,27,32)(H2,25,28,33). The summed E-state index contributed by atoms with van der Waals surface area (Å²) in [6.45, 7) is 3.24. The van der Waals surface area contributed by atoms with Crippen LogP contribution in [0.3, 0.4) is 0 Å². The summed E-state index contributed by atoms with van der Waals surface area (Å²) in [4.78, 5) is 32.1. The number of fused-ring (bicyclic) bond motifs is 1. The smallest absolute Gasteiger partial charge is 0.422 e. The molecule has 0 radical (unpaired) electrons. The molecule has 3 amide bonds. The highest BCUT2D eigenvalue weighted by Gasteiger charge is 2.29. The molecule has 13 heteroatoms. The summed E-state index contributed by atoms with van der Waals surface area (Å²) < 4.78 is 43.4. The van der Waals surface area contributed by atoms with E-state index in [1.54, 1.807) is 36.9 Å². The Morgan fingerprint density at radius 1 is 1.15 bits per heavy atom. The molecule has 3 aromatic heterocycles. The van der Waals surface area contributed by atoms with Gasteiger partial charge in [-0.2, -0.15) is 18.3 Å². The first-order chi connectivity index (χ1) is 16.2. The Morgan fingerprint density at radius 3 is 2.62 bits per heavy atom. The van der Waals surface area contributed by atoms with Gasteiger partial charge in [-0.1, -0.05) is 0 Å². The summed E-state index contributed by atoms with van der Waals surface area (Å²) in [5.74, 6) is -0.497. The molecule has 10 nitrogen and oxygen atoms in total. The van der Waals surface area contributed by atoms with E-state index in [9.17, 15) is 22.8 Å². The van der Waals surface area contributed by atoms with Gasteiger partial charge in [-0.15, -0.1) is 0 Å². The Labute approximate surface area is 192 Å². The Balaban J connectivity index is 1.66. The number of urea groups is 1. The molecule has 0 saturated heterocycles. The van der Waals surface area contributed by atoms with Crippen molar-refractivity contribution in [3.8, 4) is 5.88 Å². The molecule has 34 heavy (non-hydrogen) atoms. The third kappa shape index (κ3) is 6.80. The lowest BCUT2D eigenvalue weighted by atomic mass is 10.2. The molecule has 0 aromatic carbocycles. The summed E-state index contributed by atoms with van der Waals surface area (Å²) in [6, 6.07) is 3.01. The first kappa shape index (κ1) is 24.7. The van der Waals surface area contributed by atoms with E-state index in [4.69, 9.17) is 4.74 Å². The van der Waals surface area contributed by atoms with Gasteiger partial charge in [0.2, 0.25) is 5.88 Å². The zero-order valence-electron chi connectivity index (χ0n) is 18.6. The van der Waals surface area contributed by atoms with Crippen LogP contribution >= 0.6 is 0 Å². The summed E-state index contributed by atoms with van der Waals surface area (Å²) in [6.07, 6.45) is 0.104. The number of alkyl halides is 3. The van der Waals surface area contributed by atoms with Crippen molar-refractivity contribution in [3.63, 3.8) is 0 Å². The lowest BCUT2D eigenvalue weighted by Gasteiger charge is -2.11. The predicted octanol–water partition coefficient (Wildman–Crippen LogP) is 2.17. The number of carbonyl (C=O) groups is 2. The van der Waals surface area contributed by atoms with Gasteiger partial charge in [-0.25, -0.2) is 9.78 Å². The van der Waals surface area contributed by atoms with Crippen LogP contribution in [-0.2, 0) is 6.54 Å². The average molecular weight is 479 g/mol. The van der Waals surface area contributed by atoms with Crippen LogP contribution in [0.4, 0.5) is 18.0 Å². The lowest BCUT2D eigenvalue weighted by Crippen LogP contribution is -2.40. The van der Waals surface area contributed by atoms with E-state index >= 15 is 0 Å². The molecule has 3 N–H and O–H groups in total. The topological polar surface area (TPSA) is 123 Å². The van der Waals surface area contributed by atoms with E-state index in [0.29, 0.717) is 28.6 Å². The normalized spacial score (nSPS) is 11.3. The Hall–Kier alpha value is -3.90. The Morgan fingerprint density at radius 2 is 1.91 bits per heavy atom. The predicted molar refractivity (Wildman–Crippen MR) is 117 cm³/mol. The fraction of sp³-hybridized carbons (Fsp3) is 0.381. The van der Waals surface area contributed by atoms with Gasteiger partial charge in [0, 0.05) is 43.8 Å². The third-order valence-corrected chi connectivity index (χ3v) is 4.53. The second-order valence-corrected chi connectivity index (χ2v) is 7.33. The van der Waals surface area contributed by atoms with E-state index in [0.717, 1.165) is 0 Å². The number of hydrogen-bond donors (Lipinski definition) is 3. The molecule has 3 aromatic rings. The molecule has 0 bridgehead atoms. The molecule has 0 aliphatic heterocycles. The Bertz CT molecular complexity index is 1160. The maximum Gasteiger partial charge on any atom is 0.422 e. The van der Waals surface area contributed by atoms with Gasteiger partial charge in [0.1, 0.15) is 5.69 Å². The summed E-state index contributed by atoms with van der Waals surface area (Å²) in [5.41, 5.74) is 1.89. The number of pyridine rings is 2. The number of nitrogens with one attached hydrogen (secondary N) is 3. The number of ether oxygens (including phenoxy) is 1. The molecule has 0 atom stereocenters. The minimum atomic E-state index is -4.44. The molecule has 3 rings (SSSR count). The van der Waals surface area contributed by atoms with Crippen LogP contribution in [0.2, 0.25) is 0 Å². The highest BCUT2D eigenvalue weighted by atomic mass is 19.4. The average Bonchev–Trinajstić information content (AvgIpc) is 3.18. The molecule has 0 fully saturated rings. The number of hydrogen-bond acceptors (Lipinski definition) is 6. The Kier molecular flexibility index (Phi) is 7.87. The second-order valence-electron chi connectivity index (χ2n) is 7.33. The number of aryl methyl sites for hydroxylation is 1. The highest BCUT2D eigenvalue weighted by Crippen LogP contribution is 2.21. The molecule has 3 heterocycles. The molecular weight excluding hydrogens is 455 g/mol. The molecule has 182 valence electrons. The highest BCUT2D eigenvalue weighted by molar-refractivity contribution is 6.04. The van der Waals surface area contributed by atoms with Crippen LogP contribution < -0.4 is 20.7 Å². The molecule has 0 aliphatic carbocycles. The molecule has 0 aliphatic rings. The quantitative estimate of drug-likeness (QED) is 0.404. The molecular formula is C21H24F3N7O3. The number of carbonyl (C=O) groups excluding carboxylic acids is 2. The van der Waals surface area contributed by atoms with Crippen molar-refractivity contribution < 1.29 is 27.5 Å². The minimum Gasteiger partial charge on any atom is -0.468 e. The number of rotatable bonds is 9. The van der Waals surface area contributed by atoms with Crippen LogP contribution in [0.1, 0.15) is 28.5 Å². The zero-order chi connectivity index (χ0) is 24.7. The number of amides is 3. The molecule has 0 saturated carbocycles. The number of halogens is 3. The van der Waals surface area contributed by atoms with Crippen molar-refractivity contribution in [2.75, 3.05) is 26.2 Å². The monoisotopic (exact) mass is 479 g/mol.